The summed E-state index contributed by atoms with van der Waals surface area (Å²) in [7, 11) is 0. The lowest BCUT2D eigenvalue weighted by molar-refractivity contribution is -0.122. The molecule has 2 aromatic rings. The number of carbonyl (C=O) groups is 1. The summed E-state index contributed by atoms with van der Waals surface area (Å²) in [5.74, 6) is 0.495. The fourth-order valence-corrected chi connectivity index (χ4v) is 4.03. The van der Waals surface area contributed by atoms with Gasteiger partial charge in [0.15, 0.2) is 0 Å². The molecule has 0 radical (unpaired) electrons. The molecule has 0 unspecified atom stereocenters. The van der Waals surface area contributed by atoms with Gasteiger partial charge in [0.05, 0.1) is 16.5 Å². The van der Waals surface area contributed by atoms with Crippen molar-refractivity contribution in [2.75, 3.05) is 6.61 Å². The van der Waals surface area contributed by atoms with Crippen LogP contribution in [0.3, 0.4) is 0 Å². The molecule has 3 rings (SSSR count). The first-order chi connectivity index (χ1) is 13.0. The van der Waals surface area contributed by atoms with Gasteiger partial charge < -0.3 is 4.74 Å². The zero-order chi connectivity index (χ0) is 19.4. The number of amides is 1. The second-order valence-corrected chi connectivity index (χ2v) is 8.13. The average Bonchev–Trinajstić information content (AvgIpc) is 2.90. The first-order valence-corrected chi connectivity index (χ1v) is 9.92. The maximum atomic E-state index is 12.8. The molecule has 3 nitrogen and oxygen atoms in total. The van der Waals surface area contributed by atoms with E-state index in [0.29, 0.717) is 33.1 Å². The van der Waals surface area contributed by atoms with Crippen molar-refractivity contribution in [2.45, 2.75) is 13.5 Å². The third-order valence-electron chi connectivity index (χ3n) is 3.95. The molecule has 6 heteroatoms. The van der Waals surface area contributed by atoms with Crippen molar-refractivity contribution >= 4 is 51.9 Å². The Balaban J connectivity index is 1.76. The van der Waals surface area contributed by atoms with Gasteiger partial charge in [-0.15, -0.1) is 0 Å². The number of thiocarbonyl (C=S) groups is 1. The van der Waals surface area contributed by atoms with Crippen molar-refractivity contribution in [1.82, 2.24) is 4.90 Å². The Labute approximate surface area is 173 Å². The highest BCUT2D eigenvalue weighted by atomic mass is 35.5. The van der Waals surface area contributed by atoms with Crippen molar-refractivity contribution in [3.05, 3.63) is 81.7 Å². The number of thioether (sulfide) groups is 1. The fraction of sp³-hybridized carbons (Fsp3) is 0.143. The summed E-state index contributed by atoms with van der Waals surface area (Å²) in [6.07, 6.45) is 3.46. The molecule has 0 aliphatic carbocycles. The van der Waals surface area contributed by atoms with E-state index < -0.39 is 0 Å². The van der Waals surface area contributed by atoms with Crippen molar-refractivity contribution < 1.29 is 9.53 Å². The molecule has 1 heterocycles. The van der Waals surface area contributed by atoms with Crippen LogP contribution in [0.25, 0.3) is 6.08 Å². The maximum absolute atomic E-state index is 12.8. The summed E-state index contributed by atoms with van der Waals surface area (Å²) in [5.41, 5.74) is 3.05. The number of carbonyl (C=O) groups excluding carboxylic acids is 1. The third kappa shape index (κ3) is 4.80. The van der Waals surface area contributed by atoms with Crippen molar-refractivity contribution in [3.8, 4) is 5.75 Å². The molecule has 2 aromatic carbocycles. The maximum Gasteiger partial charge on any atom is 0.266 e. The molecule has 0 spiro atoms. The van der Waals surface area contributed by atoms with Crippen molar-refractivity contribution in [1.29, 1.82) is 0 Å². The number of hydrogen-bond donors (Lipinski definition) is 0. The molecule has 0 N–H and O–H groups in total. The normalized spacial score (nSPS) is 15.5. The number of ether oxygens (including phenoxy) is 1. The van der Waals surface area contributed by atoms with Crippen LogP contribution < -0.4 is 4.74 Å². The highest BCUT2D eigenvalue weighted by Crippen LogP contribution is 2.35. The van der Waals surface area contributed by atoms with Crippen molar-refractivity contribution in [3.63, 3.8) is 0 Å². The number of aryl methyl sites for hydroxylation is 1. The quantitative estimate of drug-likeness (QED) is 0.348. The largest absolute Gasteiger partial charge is 0.488 e. The number of rotatable bonds is 6. The first kappa shape index (κ1) is 19.7. The Hall–Kier alpha value is -2.08. The molecular weight excluding hydrogens is 398 g/mol. The van der Waals surface area contributed by atoms with Gasteiger partial charge in [0.1, 0.15) is 16.7 Å². The zero-order valence-electron chi connectivity index (χ0n) is 14.8. The van der Waals surface area contributed by atoms with Crippen LogP contribution in [0.4, 0.5) is 0 Å². The summed E-state index contributed by atoms with van der Waals surface area (Å²) in [5, 5.41) is 0.487. The van der Waals surface area contributed by atoms with Gasteiger partial charge in [0, 0.05) is 0 Å². The van der Waals surface area contributed by atoms with Gasteiger partial charge in [0.2, 0.25) is 0 Å². The summed E-state index contributed by atoms with van der Waals surface area (Å²) in [4.78, 5) is 15.0. The zero-order valence-corrected chi connectivity index (χ0v) is 17.2. The second-order valence-electron chi connectivity index (χ2n) is 6.04. The Kier molecular flexibility index (Phi) is 6.37. The van der Waals surface area contributed by atoms with Gasteiger partial charge in [-0.1, -0.05) is 84.1 Å². The molecular formula is C21H18ClNO2S2. The minimum atomic E-state index is -0.0892. The molecule has 138 valence electrons. The Morgan fingerprint density at radius 2 is 2.00 bits per heavy atom. The van der Waals surface area contributed by atoms with E-state index in [-0.39, 0.29) is 5.91 Å². The molecule has 0 bridgehead atoms. The van der Waals surface area contributed by atoms with E-state index in [4.69, 9.17) is 28.6 Å². The van der Waals surface area contributed by atoms with Crippen LogP contribution in [0.1, 0.15) is 16.7 Å². The lowest BCUT2D eigenvalue weighted by Crippen LogP contribution is -2.27. The molecule has 0 atom stereocenters. The minimum absolute atomic E-state index is 0.0892. The highest BCUT2D eigenvalue weighted by Gasteiger charge is 2.31. The lowest BCUT2D eigenvalue weighted by atomic mass is 10.1. The van der Waals surface area contributed by atoms with E-state index in [0.717, 1.165) is 11.1 Å². The van der Waals surface area contributed by atoms with E-state index in [1.807, 2.05) is 37.3 Å². The van der Waals surface area contributed by atoms with Crippen molar-refractivity contribution in [2.24, 2.45) is 0 Å². The third-order valence-corrected chi connectivity index (χ3v) is 5.62. The fourth-order valence-electron chi connectivity index (χ4n) is 2.54. The second kappa shape index (κ2) is 8.74. The van der Waals surface area contributed by atoms with Gasteiger partial charge in [-0.25, -0.2) is 0 Å². The summed E-state index contributed by atoms with van der Waals surface area (Å²) in [6.45, 7) is 6.50. The van der Waals surface area contributed by atoms with E-state index in [1.165, 1.54) is 17.3 Å². The number of hydrogen-bond acceptors (Lipinski definition) is 4. The predicted molar refractivity (Wildman–Crippen MR) is 117 cm³/mol. The first-order valence-electron chi connectivity index (χ1n) is 8.32. The molecule has 0 saturated carbocycles. The highest BCUT2D eigenvalue weighted by molar-refractivity contribution is 8.26. The van der Waals surface area contributed by atoms with Gasteiger partial charge in [-0.05, 0) is 36.3 Å². The van der Waals surface area contributed by atoms with E-state index in [9.17, 15) is 4.79 Å². The Bertz CT molecular complexity index is 922. The van der Waals surface area contributed by atoms with E-state index in [2.05, 4.69) is 6.58 Å². The summed E-state index contributed by atoms with van der Waals surface area (Å²) in [6, 6.07) is 13.5. The smallest absolute Gasteiger partial charge is 0.266 e. The lowest BCUT2D eigenvalue weighted by Gasteiger charge is -2.14. The van der Waals surface area contributed by atoms with Crippen LogP contribution in [-0.4, -0.2) is 21.7 Å². The SMILES string of the molecule is C=CCOc1ccc(C=C2SC(=S)N(Cc3ccc(C)cc3)C2=O)cc1Cl. The van der Waals surface area contributed by atoms with Crippen LogP contribution in [0.5, 0.6) is 5.75 Å². The molecule has 0 aromatic heterocycles. The molecule has 1 fully saturated rings. The van der Waals surface area contributed by atoms with Crippen LogP contribution in [-0.2, 0) is 11.3 Å². The van der Waals surface area contributed by atoms with Crippen LogP contribution >= 0.6 is 35.6 Å². The monoisotopic (exact) mass is 415 g/mol. The topological polar surface area (TPSA) is 29.5 Å². The van der Waals surface area contributed by atoms with Crippen LogP contribution in [0.15, 0.2) is 60.0 Å². The van der Waals surface area contributed by atoms with E-state index in [1.54, 1.807) is 29.2 Å². The van der Waals surface area contributed by atoms with Gasteiger partial charge in [-0.2, -0.15) is 0 Å². The molecule has 1 aliphatic rings. The van der Waals surface area contributed by atoms with Crippen LogP contribution in [0.2, 0.25) is 5.02 Å². The number of nitrogens with zero attached hydrogens (tertiary/aromatic N) is 1. The molecule has 27 heavy (non-hydrogen) atoms. The number of benzene rings is 2. The van der Waals surface area contributed by atoms with E-state index >= 15 is 0 Å². The summed E-state index contributed by atoms with van der Waals surface area (Å²) < 4.78 is 6.03. The standard InChI is InChI=1S/C21H18ClNO2S2/c1-3-10-25-18-9-8-16(11-17(18)22)12-19-20(24)23(21(26)27-19)13-15-6-4-14(2)5-7-15/h3-9,11-12H,1,10,13H2,2H3. The van der Waals surface area contributed by atoms with Gasteiger partial charge >= 0.3 is 0 Å². The minimum Gasteiger partial charge on any atom is -0.488 e. The summed E-state index contributed by atoms with van der Waals surface area (Å²) >= 11 is 13.0. The molecule has 1 saturated heterocycles. The molecule has 1 aliphatic heterocycles. The van der Waals surface area contributed by atoms with Crippen LogP contribution in [0, 0.1) is 6.92 Å². The Morgan fingerprint density at radius 1 is 1.26 bits per heavy atom. The number of halogens is 1. The van der Waals surface area contributed by atoms with Gasteiger partial charge in [-0.3, -0.25) is 9.69 Å². The molecule has 1 amide bonds. The predicted octanol–water partition coefficient (Wildman–Crippen LogP) is 5.61. The van der Waals surface area contributed by atoms with Gasteiger partial charge in [0.25, 0.3) is 5.91 Å². The average molecular weight is 416 g/mol. The Morgan fingerprint density at radius 3 is 2.67 bits per heavy atom.